The fourth-order valence-electron chi connectivity index (χ4n) is 5.50. The van der Waals surface area contributed by atoms with Gasteiger partial charge in [-0.1, -0.05) is 69.3 Å². The van der Waals surface area contributed by atoms with Gasteiger partial charge in [0.15, 0.2) is 0 Å². The summed E-state index contributed by atoms with van der Waals surface area (Å²) in [6, 6.07) is 20.7. The molecule has 188 valence electrons. The van der Waals surface area contributed by atoms with Gasteiger partial charge in [-0.3, -0.25) is 4.79 Å². The minimum atomic E-state index is -0.393. The number of thiophene rings is 1. The molecule has 0 saturated heterocycles. The lowest BCUT2D eigenvalue weighted by atomic mass is 9.72. The monoisotopic (exact) mass is 510 g/mol. The van der Waals surface area contributed by atoms with Gasteiger partial charge in [-0.05, 0) is 70.7 Å². The number of esters is 1. The molecule has 6 rings (SSSR count). The Morgan fingerprint density at radius 2 is 1.73 bits per heavy atom. The van der Waals surface area contributed by atoms with Gasteiger partial charge in [0.1, 0.15) is 16.9 Å². The van der Waals surface area contributed by atoms with Gasteiger partial charge in [-0.25, -0.2) is 4.79 Å². The number of amides is 1. The van der Waals surface area contributed by atoms with Crippen LogP contribution in [0, 0.1) is 11.3 Å². The minimum Gasteiger partial charge on any atom is -0.423 e. The van der Waals surface area contributed by atoms with Crippen molar-refractivity contribution in [2.45, 2.75) is 46.2 Å². The Balaban J connectivity index is 1.18. The third-order valence-electron chi connectivity index (χ3n) is 7.70. The Labute approximate surface area is 220 Å². The van der Waals surface area contributed by atoms with Crippen LogP contribution in [0.5, 0.6) is 5.75 Å². The lowest BCUT2D eigenvalue weighted by Gasteiger charge is -2.34. The quantitative estimate of drug-likeness (QED) is 0.227. The molecule has 6 heteroatoms. The van der Waals surface area contributed by atoms with Crippen LogP contribution in [0.1, 0.15) is 70.1 Å². The molecule has 2 N–H and O–H groups in total. The van der Waals surface area contributed by atoms with E-state index in [4.69, 9.17) is 4.74 Å². The van der Waals surface area contributed by atoms with Crippen LogP contribution in [-0.4, -0.2) is 11.9 Å². The first-order valence-corrected chi connectivity index (χ1v) is 13.6. The summed E-state index contributed by atoms with van der Waals surface area (Å²) in [5, 5.41) is 9.48. The molecule has 3 aromatic carbocycles. The number of anilines is 1. The van der Waals surface area contributed by atoms with Crippen LogP contribution in [0.2, 0.25) is 0 Å². The Morgan fingerprint density at radius 1 is 0.973 bits per heavy atom. The largest absolute Gasteiger partial charge is 0.423 e. The Morgan fingerprint density at radius 3 is 2.51 bits per heavy atom. The van der Waals surface area contributed by atoms with Gasteiger partial charge in [0.25, 0.3) is 5.91 Å². The van der Waals surface area contributed by atoms with E-state index in [9.17, 15) is 9.59 Å². The van der Waals surface area contributed by atoms with Crippen molar-refractivity contribution in [3.05, 3.63) is 93.9 Å². The summed E-state index contributed by atoms with van der Waals surface area (Å²) in [7, 11) is 0. The lowest BCUT2D eigenvalue weighted by Crippen LogP contribution is -2.38. The van der Waals surface area contributed by atoms with Crippen LogP contribution in [0.25, 0.3) is 10.8 Å². The summed E-state index contributed by atoms with van der Waals surface area (Å²) in [6.07, 6.45) is 2.78. The van der Waals surface area contributed by atoms with Crippen LogP contribution < -0.4 is 15.4 Å². The topological polar surface area (TPSA) is 67.4 Å². The van der Waals surface area contributed by atoms with Crippen LogP contribution in [0.4, 0.5) is 5.00 Å². The molecule has 1 aliphatic heterocycles. The van der Waals surface area contributed by atoms with Crippen molar-refractivity contribution >= 4 is 39.0 Å². The molecule has 2 aliphatic rings. The summed E-state index contributed by atoms with van der Waals surface area (Å²) < 4.78 is 5.68. The highest BCUT2D eigenvalue weighted by molar-refractivity contribution is 7.16. The first-order chi connectivity index (χ1) is 17.8. The molecule has 1 aliphatic carbocycles. The van der Waals surface area contributed by atoms with Crippen LogP contribution in [0.3, 0.4) is 0 Å². The molecule has 1 aromatic heterocycles. The summed E-state index contributed by atoms with van der Waals surface area (Å²) in [5.74, 6) is 0.681. The number of fused-ring (bicyclic) bond motifs is 4. The van der Waals surface area contributed by atoms with Crippen molar-refractivity contribution in [2.24, 2.45) is 11.3 Å². The van der Waals surface area contributed by atoms with Gasteiger partial charge in [-0.2, -0.15) is 0 Å². The maximum Gasteiger partial charge on any atom is 0.344 e. The van der Waals surface area contributed by atoms with Gasteiger partial charge >= 0.3 is 5.97 Å². The maximum absolute atomic E-state index is 13.1. The molecular weight excluding hydrogens is 480 g/mol. The van der Waals surface area contributed by atoms with Gasteiger partial charge in [-0.15, -0.1) is 11.3 Å². The van der Waals surface area contributed by atoms with Crippen molar-refractivity contribution in [1.82, 2.24) is 5.32 Å². The molecule has 2 heterocycles. The van der Waals surface area contributed by atoms with E-state index >= 15 is 0 Å². The van der Waals surface area contributed by atoms with Crippen molar-refractivity contribution < 1.29 is 14.3 Å². The number of nitrogens with one attached hydrogen (secondary N) is 2. The van der Waals surface area contributed by atoms with E-state index < -0.39 is 5.97 Å². The number of carbonyl (C=O) groups excluding carboxylic acids is 2. The third-order valence-corrected chi connectivity index (χ3v) is 8.89. The van der Waals surface area contributed by atoms with Gasteiger partial charge in [0.2, 0.25) is 0 Å². The molecular formula is C31H30N2O3S. The van der Waals surface area contributed by atoms with E-state index in [-0.39, 0.29) is 17.5 Å². The average molecular weight is 511 g/mol. The zero-order chi connectivity index (χ0) is 25.7. The van der Waals surface area contributed by atoms with Crippen LogP contribution in [-0.2, 0) is 12.8 Å². The average Bonchev–Trinajstić information content (AvgIpc) is 3.26. The van der Waals surface area contributed by atoms with Crippen molar-refractivity contribution in [3.63, 3.8) is 0 Å². The summed E-state index contributed by atoms with van der Waals surface area (Å²) in [6.45, 7) is 6.92. The highest BCUT2D eigenvalue weighted by Crippen LogP contribution is 2.46. The number of hydrogen-bond donors (Lipinski definition) is 2. The van der Waals surface area contributed by atoms with E-state index in [2.05, 4.69) is 31.4 Å². The number of hydrogen-bond acceptors (Lipinski definition) is 5. The molecule has 0 fully saturated rings. The maximum atomic E-state index is 13.1. The second kappa shape index (κ2) is 9.03. The van der Waals surface area contributed by atoms with Crippen molar-refractivity contribution in [2.75, 3.05) is 5.32 Å². The Bertz CT molecular complexity index is 1510. The molecule has 0 radical (unpaired) electrons. The molecule has 5 nitrogen and oxygen atoms in total. The summed E-state index contributed by atoms with van der Waals surface area (Å²) >= 11 is 1.73. The highest BCUT2D eigenvalue weighted by Gasteiger charge is 2.36. The third kappa shape index (κ3) is 4.40. The molecule has 1 amide bonds. The Kier molecular flexibility index (Phi) is 5.80. The fourth-order valence-corrected chi connectivity index (χ4v) is 6.85. The van der Waals surface area contributed by atoms with Crippen LogP contribution >= 0.6 is 11.3 Å². The normalized spacial score (nSPS) is 18.9. The summed E-state index contributed by atoms with van der Waals surface area (Å²) in [5.41, 5.74) is 3.75. The second-order valence-electron chi connectivity index (χ2n) is 11.0. The molecule has 4 aromatic rings. The van der Waals surface area contributed by atoms with Crippen LogP contribution in [0.15, 0.2) is 66.7 Å². The lowest BCUT2D eigenvalue weighted by molar-refractivity contribution is 0.0736. The smallest absolute Gasteiger partial charge is 0.344 e. The van der Waals surface area contributed by atoms with Gasteiger partial charge < -0.3 is 15.4 Å². The first-order valence-electron chi connectivity index (χ1n) is 12.8. The molecule has 0 bridgehead atoms. The Hall–Kier alpha value is -3.64. The number of rotatable bonds is 3. The predicted molar refractivity (Wildman–Crippen MR) is 148 cm³/mol. The van der Waals surface area contributed by atoms with Gasteiger partial charge in [0, 0.05) is 4.88 Å². The SMILES string of the molecule is CC(C)(C)[C@H]1CCc2c(sc3c2C(=O)N[C@H](c2ccc(OC(=O)c4cccc5ccccc45)cc2)N3)C1. The van der Waals surface area contributed by atoms with E-state index in [1.54, 1.807) is 29.5 Å². The fraction of sp³-hybridized carbons (Fsp3) is 0.290. The molecule has 37 heavy (non-hydrogen) atoms. The van der Waals surface area contributed by atoms with Gasteiger partial charge in [0.05, 0.1) is 11.1 Å². The number of benzene rings is 3. The molecule has 0 saturated carbocycles. The number of carbonyl (C=O) groups is 2. The zero-order valence-electron chi connectivity index (χ0n) is 21.3. The second-order valence-corrected chi connectivity index (χ2v) is 12.2. The van der Waals surface area contributed by atoms with E-state index in [1.165, 1.54) is 10.4 Å². The van der Waals surface area contributed by atoms with E-state index in [1.807, 2.05) is 48.5 Å². The van der Waals surface area contributed by atoms with E-state index in [0.717, 1.165) is 46.2 Å². The van der Waals surface area contributed by atoms with E-state index in [0.29, 0.717) is 17.2 Å². The molecule has 0 unspecified atom stereocenters. The first kappa shape index (κ1) is 23.7. The number of ether oxygens (including phenoxy) is 1. The molecule has 0 spiro atoms. The zero-order valence-corrected chi connectivity index (χ0v) is 22.1. The van der Waals surface area contributed by atoms with Crippen molar-refractivity contribution in [3.8, 4) is 5.75 Å². The predicted octanol–water partition coefficient (Wildman–Crippen LogP) is 7.13. The molecule has 2 atom stereocenters. The summed E-state index contributed by atoms with van der Waals surface area (Å²) in [4.78, 5) is 27.4. The highest BCUT2D eigenvalue weighted by atomic mass is 32.1. The van der Waals surface area contributed by atoms with Crippen molar-refractivity contribution in [1.29, 1.82) is 0 Å². The minimum absolute atomic E-state index is 0.0167. The standard InChI is InChI=1S/C31H30N2O3S/c1-31(2,3)20-13-16-24-25(17-20)37-29-26(24)28(34)32-27(33-29)19-11-14-21(15-12-19)36-30(35)23-10-6-8-18-7-4-5-9-22(18)23/h4-12,14-15,20,27,33H,13,16-17H2,1-3H3,(H,32,34)/t20-,27-/m0/s1.